The number of aliphatic carboxylic acids is 1. The minimum absolute atomic E-state index is 0.0385. The second kappa shape index (κ2) is 18.0. The monoisotopic (exact) mass is 907 g/mol. The molecule has 2 amide bonds. The van der Waals surface area contributed by atoms with Gasteiger partial charge in [0, 0.05) is 53.0 Å². The summed E-state index contributed by atoms with van der Waals surface area (Å²) in [5.74, 6) is -4.45. The lowest BCUT2D eigenvalue weighted by Crippen LogP contribution is -2.47. The molecule has 17 heteroatoms. The summed E-state index contributed by atoms with van der Waals surface area (Å²) in [6.07, 6.45) is 4.02. The number of aryl methyl sites for hydroxylation is 1. The molecule has 334 valence electrons. The number of hydrogen-bond donors (Lipinski definition) is 4. The van der Waals surface area contributed by atoms with E-state index in [0.29, 0.717) is 57.5 Å². The maximum Gasteiger partial charge on any atom is 0.338 e. The summed E-state index contributed by atoms with van der Waals surface area (Å²) in [5.41, 5.74) is 4.44. The second-order valence-electron chi connectivity index (χ2n) is 16.3. The van der Waals surface area contributed by atoms with E-state index >= 15 is 0 Å². The van der Waals surface area contributed by atoms with Crippen LogP contribution in [0.1, 0.15) is 73.8 Å². The fraction of sp³-hybridized carbons (Fsp3) is 0.204. The largest absolute Gasteiger partial charge is 0.488 e. The molecule has 2 unspecified atom stereocenters. The van der Waals surface area contributed by atoms with Gasteiger partial charge in [-0.15, -0.1) is 16.4 Å². The number of nitrogens with zero attached hydrogens (tertiary/aromatic N) is 5. The molecule has 0 saturated heterocycles. The number of fused-ring (bicyclic) bond motifs is 2. The van der Waals surface area contributed by atoms with Gasteiger partial charge in [0.1, 0.15) is 29.8 Å². The van der Waals surface area contributed by atoms with Crippen molar-refractivity contribution in [2.75, 3.05) is 23.4 Å². The average molecular weight is 908 g/mol. The molecule has 4 heterocycles. The number of ether oxygens (including phenoxy) is 2. The van der Waals surface area contributed by atoms with Gasteiger partial charge in [0.15, 0.2) is 16.6 Å². The van der Waals surface area contributed by atoms with Gasteiger partial charge in [0.2, 0.25) is 5.91 Å². The molecule has 5 aromatic carbocycles. The van der Waals surface area contributed by atoms with E-state index in [1.54, 1.807) is 75.9 Å². The van der Waals surface area contributed by atoms with E-state index in [1.807, 2.05) is 50.2 Å². The van der Waals surface area contributed by atoms with Gasteiger partial charge in [-0.1, -0.05) is 65.4 Å². The smallest absolute Gasteiger partial charge is 0.338 e. The quantitative estimate of drug-likeness (QED) is 0.0815. The van der Waals surface area contributed by atoms with Crippen molar-refractivity contribution in [3.8, 4) is 28.5 Å². The number of amides is 2. The SMILES string of the molecule is Cc1ccc(C2C(C(=O)O)c3ccccc3C(=O)N2c2cccc(-c3cn(CCOc4cc5c(cc4Oc4ccc(C(=O)O)c(F)c4)[C@@](C)(CC(=O)Nc4nccs4)NCC5)nn3)c2)cc1. The van der Waals surface area contributed by atoms with Crippen molar-refractivity contribution in [2.45, 2.75) is 50.7 Å². The highest BCUT2D eigenvalue weighted by Gasteiger charge is 2.45. The van der Waals surface area contributed by atoms with E-state index in [9.17, 15) is 33.8 Å². The van der Waals surface area contributed by atoms with Crippen LogP contribution < -0.4 is 25.0 Å². The third kappa shape index (κ3) is 8.73. The fourth-order valence-corrected chi connectivity index (χ4v) is 9.21. The summed E-state index contributed by atoms with van der Waals surface area (Å²) in [6, 6.07) is 27.8. The van der Waals surface area contributed by atoms with Gasteiger partial charge in [-0.05, 0) is 85.0 Å². The van der Waals surface area contributed by atoms with Crippen LogP contribution in [0.3, 0.4) is 0 Å². The highest BCUT2D eigenvalue weighted by molar-refractivity contribution is 7.13. The maximum absolute atomic E-state index is 14.8. The Hall–Kier alpha value is -7.76. The zero-order valence-corrected chi connectivity index (χ0v) is 36.4. The number of carbonyl (C=O) groups excluding carboxylic acids is 2. The molecule has 9 rings (SSSR count). The number of halogens is 1. The van der Waals surface area contributed by atoms with Crippen LogP contribution in [-0.4, -0.2) is 67.1 Å². The van der Waals surface area contributed by atoms with Crippen LogP contribution in [0.25, 0.3) is 11.3 Å². The molecule has 3 atom stereocenters. The predicted octanol–water partition coefficient (Wildman–Crippen LogP) is 8.38. The second-order valence-corrected chi connectivity index (χ2v) is 17.2. The Bertz CT molecular complexity index is 3000. The minimum atomic E-state index is -1.41. The van der Waals surface area contributed by atoms with Gasteiger partial charge in [-0.3, -0.25) is 19.3 Å². The van der Waals surface area contributed by atoms with E-state index in [0.717, 1.165) is 28.8 Å². The molecule has 15 nitrogen and oxygen atoms in total. The predicted molar refractivity (Wildman–Crippen MR) is 243 cm³/mol. The number of nitrogens with one attached hydrogen (secondary N) is 2. The van der Waals surface area contributed by atoms with E-state index in [-0.39, 0.29) is 42.9 Å². The number of hydrogen-bond acceptors (Lipinski definition) is 11. The van der Waals surface area contributed by atoms with Crippen molar-refractivity contribution >= 4 is 45.9 Å². The van der Waals surface area contributed by atoms with Crippen LogP contribution in [0.2, 0.25) is 0 Å². The van der Waals surface area contributed by atoms with Crippen molar-refractivity contribution in [1.82, 2.24) is 25.3 Å². The van der Waals surface area contributed by atoms with Crippen LogP contribution in [-0.2, 0) is 28.1 Å². The number of rotatable bonds is 14. The van der Waals surface area contributed by atoms with Gasteiger partial charge < -0.3 is 30.3 Å². The molecule has 0 bridgehead atoms. The number of aromatic nitrogens is 4. The Balaban J connectivity index is 0.972. The van der Waals surface area contributed by atoms with E-state index in [1.165, 1.54) is 17.4 Å². The number of carboxylic acids is 2. The van der Waals surface area contributed by atoms with Gasteiger partial charge in [0.25, 0.3) is 5.91 Å². The number of thiazole rings is 1. The molecule has 0 fully saturated rings. The molecule has 0 aliphatic carbocycles. The molecule has 2 aliphatic heterocycles. The first-order valence-corrected chi connectivity index (χ1v) is 21.9. The zero-order chi connectivity index (χ0) is 46.1. The van der Waals surface area contributed by atoms with Crippen LogP contribution in [0.15, 0.2) is 121 Å². The number of aromatic carboxylic acids is 1. The van der Waals surface area contributed by atoms with Gasteiger partial charge >= 0.3 is 11.9 Å². The molecule has 0 spiro atoms. The normalized spacial score (nSPS) is 17.7. The summed E-state index contributed by atoms with van der Waals surface area (Å²) in [5, 5.41) is 37.3. The summed E-state index contributed by atoms with van der Waals surface area (Å²) < 4.78 is 29.0. The first kappa shape index (κ1) is 43.5. The lowest BCUT2D eigenvalue weighted by atomic mass is 9.79. The maximum atomic E-state index is 14.8. The number of carbonyl (C=O) groups is 4. The highest BCUT2D eigenvalue weighted by atomic mass is 32.1. The topological polar surface area (TPSA) is 198 Å². The molecule has 7 aromatic rings. The van der Waals surface area contributed by atoms with Crippen LogP contribution in [0.5, 0.6) is 17.2 Å². The molecule has 66 heavy (non-hydrogen) atoms. The van der Waals surface area contributed by atoms with Crippen LogP contribution in [0.4, 0.5) is 15.2 Å². The highest BCUT2D eigenvalue weighted by Crippen LogP contribution is 2.46. The molecular formula is C49H42FN7O8S. The molecule has 4 N–H and O–H groups in total. The standard InChI is InChI=1S/C49H42FN7O8S/c1-28-10-12-29(13-11-28)44-43(47(62)63)34-8-3-4-9-35(34)45(59)57(44)32-7-5-6-31(22-32)39-27-56(55-54-39)19-20-64-40-23-30-16-17-52-49(2,26-42(58)53-48-51-18-21-66-48)37(30)25-41(40)65-33-14-15-36(46(60)61)38(50)24-33/h3-15,18,21-25,27,43-44,52H,16-17,19-20,26H2,1-2H3,(H,60,61)(H,62,63)(H,51,53,58)/t43?,44?,49-/m1/s1. The lowest BCUT2D eigenvalue weighted by molar-refractivity contribution is -0.139. The molecule has 0 saturated carbocycles. The van der Waals surface area contributed by atoms with Crippen LogP contribution in [0, 0.1) is 12.7 Å². The van der Waals surface area contributed by atoms with E-state index in [4.69, 9.17) is 9.47 Å². The van der Waals surface area contributed by atoms with E-state index < -0.39 is 40.8 Å². The Morgan fingerprint density at radius 1 is 0.985 bits per heavy atom. The van der Waals surface area contributed by atoms with Gasteiger partial charge in [-0.2, -0.15) is 0 Å². The number of anilines is 2. The van der Waals surface area contributed by atoms with Crippen molar-refractivity contribution in [3.05, 3.63) is 166 Å². The van der Waals surface area contributed by atoms with Gasteiger partial charge in [0.05, 0.1) is 24.3 Å². The Morgan fingerprint density at radius 2 is 1.80 bits per heavy atom. The van der Waals surface area contributed by atoms with Gasteiger partial charge in [-0.25, -0.2) is 18.9 Å². The molecule has 2 aromatic heterocycles. The van der Waals surface area contributed by atoms with Crippen molar-refractivity contribution in [3.63, 3.8) is 0 Å². The number of benzene rings is 5. The average Bonchev–Trinajstić information content (AvgIpc) is 4.00. The minimum Gasteiger partial charge on any atom is -0.488 e. The third-order valence-electron chi connectivity index (χ3n) is 11.8. The molecule has 2 aliphatic rings. The summed E-state index contributed by atoms with van der Waals surface area (Å²) in [7, 11) is 0. The molecule has 0 radical (unpaired) electrons. The first-order chi connectivity index (χ1) is 31.8. The Kier molecular flexibility index (Phi) is 11.9. The van der Waals surface area contributed by atoms with Crippen molar-refractivity contribution in [1.29, 1.82) is 0 Å². The Morgan fingerprint density at radius 3 is 2.56 bits per heavy atom. The lowest BCUT2D eigenvalue weighted by Gasteiger charge is -2.41. The summed E-state index contributed by atoms with van der Waals surface area (Å²) in [4.78, 5) is 57.8. The zero-order valence-electron chi connectivity index (χ0n) is 35.6. The van der Waals surface area contributed by atoms with E-state index in [2.05, 4.69) is 25.9 Å². The third-order valence-corrected chi connectivity index (χ3v) is 12.5. The fourth-order valence-electron chi connectivity index (χ4n) is 8.66. The number of carboxylic acid groups (broad SMARTS) is 2. The Labute approximate surface area is 381 Å². The summed E-state index contributed by atoms with van der Waals surface area (Å²) in [6.45, 7) is 4.75. The summed E-state index contributed by atoms with van der Waals surface area (Å²) >= 11 is 1.31. The van der Waals surface area contributed by atoms with Crippen LogP contribution >= 0.6 is 11.3 Å². The molecular weight excluding hydrogens is 866 g/mol. The first-order valence-electron chi connectivity index (χ1n) is 21.0. The van der Waals surface area contributed by atoms with Crippen molar-refractivity contribution < 1.29 is 43.3 Å². The van der Waals surface area contributed by atoms with Crippen molar-refractivity contribution in [2.24, 2.45) is 0 Å².